The Balaban J connectivity index is 1.51. The zero-order chi connectivity index (χ0) is 19.6. The van der Waals surface area contributed by atoms with Crippen LogP contribution in [0, 0.1) is 5.82 Å². The Morgan fingerprint density at radius 1 is 1.32 bits per heavy atom. The number of fused-ring (bicyclic) bond motifs is 3. The van der Waals surface area contributed by atoms with Gasteiger partial charge in [-0.2, -0.15) is 5.10 Å². The number of hydrogen-bond donors (Lipinski definition) is 2. The lowest BCUT2D eigenvalue weighted by Crippen LogP contribution is -2.51. The Morgan fingerprint density at radius 3 is 2.68 bits per heavy atom. The minimum Gasteiger partial charge on any atom is -0.366 e. The number of carbonyl (C=O) groups excluding carboxylic acids is 1. The molecule has 0 radical (unpaired) electrons. The summed E-state index contributed by atoms with van der Waals surface area (Å²) in [6.45, 7) is 4.06. The number of piperidine rings is 1. The lowest BCUT2D eigenvalue weighted by molar-refractivity contribution is 0.0274. The van der Waals surface area contributed by atoms with E-state index in [2.05, 4.69) is 21.9 Å². The van der Waals surface area contributed by atoms with E-state index in [4.69, 9.17) is 5.73 Å². The first-order valence-corrected chi connectivity index (χ1v) is 9.73. The number of alkyl halides is 1. The number of nitrogens with zero attached hydrogens (tertiary/aromatic N) is 3. The van der Waals surface area contributed by atoms with Gasteiger partial charge >= 0.3 is 0 Å². The molecule has 3 aromatic rings. The number of imidazole rings is 1. The highest BCUT2D eigenvalue weighted by Crippen LogP contribution is 2.40. The van der Waals surface area contributed by atoms with Crippen molar-refractivity contribution in [3.05, 3.63) is 35.3 Å². The van der Waals surface area contributed by atoms with Crippen LogP contribution >= 0.6 is 0 Å². The van der Waals surface area contributed by atoms with Crippen LogP contribution in [0.1, 0.15) is 48.5 Å². The second-order valence-corrected chi connectivity index (χ2v) is 8.48. The van der Waals surface area contributed by atoms with E-state index < -0.39 is 17.9 Å². The molecule has 2 aliphatic rings. The maximum absolute atomic E-state index is 13.9. The Hall–Kier alpha value is -2.48. The number of carbonyl (C=O) groups is 1. The number of halogens is 2. The Labute approximate surface area is 160 Å². The number of hydrogen-bond acceptors (Lipinski definition) is 3. The van der Waals surface area contributed by atoms with E-state index >= 15 is 0 Å². The predicted molar refractivity (Wildman–Crippen MR) is 102 cm³/mol. The van der Waals surface area contributed by atoms with Crippen molar-refractivity contribution < 1.29 is 13.6 Å². The van der Waals surface area contributed by atoms with Gasteiger partial charge in [-0.1, -0.05) is 6.92 Å². The molecule has 1 saturated carbocycles. The van der Waals surface area contributed by atoms with Crippen LogP contribution < -0.4 is 5.73 Å². The number of likely N-dealkylation sites (tertiary alicyclic amines) is 1. The van der Waals surface area contributed by atoms with Crippen molar-refractivity contribution in [3.63, 3.8) is 0 Å². The van der Waals surface area contributed by atoms with E-state index in [1.807, 2.05) is 6.20 Å². The zero-order valence-corrected chi connectivity index (χ0v) is 15.7. The highest BCUT2D eigenvalue weighted by Gasteiger charge is 2.40. The zero-order valence-electron chi connectivity index (χ0n) is 15.7. The second-order valence-electron chi connectivity index (χ2n) is 8.48. The molecule has 148 valence electrons. The van der Waals surface area contributed by atoms with Crippen LogP contribution in [-0.2, 0) is 5.41 Å². The molecule has 0 bridgehead atoms. The van der Waals surface area contributed by atoms with Gasteiger partial charge in [-0.05, 0) is 50.9 Å². The van der Waals surface area contributed by atoms with Crippen LogP contribution in [0.2, 0.25) is 0 Å². The van der Waals surface area contributed by atoms with Gasteiger partial charge in [0.15, 0.2) is 0 Å². The second kappa shape index (κ2) is 6.01. The Kier molecular flexibility index (Phi) is 3.78. The van der Waals surface area contributed by atoms with Crippen molar-refractivity contribution in [2.75, 3.05) is 13.1 Å². The lowest BCUT2D eigenvalue weighted by atomic mass is 9.74. The molecule has 5 rings (SSSR count). The summed E-state index contributed by atoms with van der Waals surface area (Å²) < 4.78 is 28.8. The fourth-order valence-electron chi connectivity index (χ4n) is 4.79. The summed E-state index contributed by atoms with van der Waals surface area (Å²) in [4.78, 5) is 17.4. The largest absolute Gasteiger partial charge is 0.366 e. The molecule has 1 saturated heterocycles. The number of aromatic nitrogens is 3. The SMILES string of the molecule is CC1(c2cnn3c2[nH]c2cc(F)cc(C(N)=O)c23)CCN(C2CC(F)C2)CC1. The van der Waals surface area contributed by atoms with Crippen molar-refractivity contribution in [1.29, 1.82) is 0 Å². The third-order valence-electron chi connectivity index (χ3n) is 6.70. The van der Waals surface area contributed by atoms with E-state index in [-0.39, 0.29) is 11.0 Å². The average molecular weight is 387 g/mol. The summed E-state index contributed by atoms with van der Waals surface area (Å²) >= 11 is 0. The molecule has 3 N–H and O–H groups in total. The van der Waals surface area contributed by atoms with E-state index in [1.54, 1.807) is 4.52 Å². The number of aromatic amines is 1. The van der Waals surface area contributed by atoms with Gasteiger partial charge in [-0.15, -0.1) is 0 Å². The summed E-state index contributed by atoms with van der Waals surface area (Å²) in [6, 6.07) is 2.88. The minimum absolute atomic E-state index is 0.0938. The monoisotopic (exact) mass is 387 g/mol. The van der Waals surface area contributed by atoms with Crippen molar-refractivity contribution in [2.45, 2.75) is 50.2 Å². The highest BCUT2D eigenvalue weighted by atomic mass is 19.1. The van der Waals surface area contributed by atoms with Crippen LogP contribution in [0.4, 0.5) is 8.78 Å². The summed E-state index contributed by atoms with van der Waals surface area (Å²) in [5.41, 5.74) is 8.30. The molecule has 1 aliphatic carbocycles. The third-order valence-corrected chi connectivity index (χ3v) is 6.70. The molecule has 8 heteroatoms. The van der Waals surface area contributed by atoms with Gasteiger partial charge < -0.3 is 15.6 Å². The van der Waals surface area contributed by atoms with Gasteiger partial charge in [-0.25, -0.2) is 13.3 Å². The standard InChI is InChI=1S/C20H23F2N5O/c1-20(2-4-26(5-3-20)13-6-11(21)7-13)15-10-24-27-17-14(18(23)28)8-12(22)9-16(17)25-19(15)27/h8-11,13,25H,2-7H2,1H3,(H2,23,28). The van der Waals surface area contributed by atoms with Crippen molar-refractivity contribution >= 4 is 22.6 Å². The summed E-state index contributed by atoms with van der Waals surface area (Å²) in [5, 5.41) is 4.48. The van der Waals surface area contributed by atoms with Crippen LogP contribution in [0.3, 0.4) is 0 Å². The fraction of sp³-hybridized carbons (Fsp3) is 0.500. The third kappa shape index (κ3) is 2.54. The average Bonchev–Trinajstić information content (AvgIpc) is 3.18. The molecule has 2 aromatic heterocycles. The van der Waals surface area contributed by atoms with Crippen LogP contribution in [0.15, 0.2) is 18.3 Å². The Morgan fingerprint density at radius 2 is 2.04 bits per heavy atom. The van der Waals surface area contributed by atoms with Crippen molar-refractivity contribution in [1.82, 2.24) is 19.5 Å². The lowest BCUT2D eigenvalue weighted by Gasteiger charge is -2.46. The first-order valence-electron chi connectivity index (χ1n) is 9.73. The van der Waals surface area contributed by atoms with Gasteiger partial charge in [0, 0.05) is 17.0 Å². The maximum atomic E-state index is 13.9. The number of primary amides is 1. The molecule has 3 heterocycles. The molecule has 28 heavy (non-hydrogen) atoms. The predicted octanol–water partition coefficient (Wildman–Crippen LogP) is 2.91. The molecule has 2 fully saturated rings. The van der Waals surface area contributed by atoms with Gasteiger partial charge in [0.2, 0.25) is 0 Å². The number of H-pyrrole nitrogens is 1. The van der Waals surface area contributed by atoms with Gasteiger partial charge in [0.25, 0.3) is 5.91 Å². The van der Waals surface area contributed by atoms with Crippen molar-refractivity contribution in [2.24, 2.45) is 5.73 Å². The summed E-state index contributed by atoms with van der Waals surface area (Å²) in [6.07, 6.45) is 4.37. The molecule has 0 atom stereocenters. The molecule has 1 amide bonds. The number of nitrogens with one attached hydrogen (secondary N) is 1. The minimum atomic E-state index is -0.686. The van der Waals surface area contributed by atoms with Crippen LogP contribution in [-0.4, -0.2) is 50.7 Å². The molecule has 0 spiro atoms. The molecular weight excluding hydrogens is 364 g/mol. The molecular formula is C20H23F2N5O. The van der Waals surface area contributed by atoms with Crippen LogP contribution in [0.25, 0.3) is 16.7 Å². The first kappa shape index (κ1) is 17.6. The highest BCUT2D eigenvalue weighted by molar-refractivity contribution is 6.05. The fourth-order valence-corrected chi connectivity index (χ4v) is 4.79. The normalized spacial score (nSPS) is 25.2. The Bertz CT molecular complexity index is 1070. The molecule has 1 aromatic carbocycles. The number of nitrogens with two attached hydrogens (primary N) is 1. The first-order chi connectivity index (χ1) is 13.4. The molecule has 6 nitrogen and oxygen atoms in total. The quantitative estimate of drug-likeness (QED) is 0.725. The molecule has 0 unspecified atom stereocenters. The van der Waals surface area contributed by atoms with E-state index in [0.29, 0.717) is 29.9 Å². The maximum Gasteiger partial charge on any atom is 0.251 e. The van der Waals surface area contributed by atoms with Gasteiger partial charge in [-0.3, -0.25) is 4.79 Å². The van der Waals surface area contributed by atoms with Gasteiger partial charge in [0.05, 0.1) is 17.3 Å². The van der Waals surface area contributed by atoms with Gasteiger partial charge in [0.1, 0.15) is 23.2 Å². The molecule has 1 aliphatic heterocycles. The van der Waals surface area contributed by atoms with Crippen LogP contribution in [0.5, 0.6) is 0 Å². The number of rotatable bonds is 3. The number of amides is 1. The summed E-state index contributed by atoms with van der Waals surface area (Å²) in [7, 11) is 0. The topological polar surface area (TPSA) is 79.4 Å². The summed E-state index contributed by atoms with van der Waals surface area (Å²) in [5.74, 6) is -1.20. The van der Waals surface area contributed by atoms with E-state index in [0.717, 1.165) is 43.2 Å². The smallest absolute Gasteiger partial charge is 0.251 e. The number of benzene rings is 1. The van der Waals surface area contributed by atoms with E-state index in [9.17, 15) is 13.6 Å². The van der Waals surface area contributed by atoms with Crippen molar-refractivity contribution in [3.8, 4) is 0 Å². The van der Waals surface area contributed by atoms with E-state index in [1.165, 1.54) is 6.07 Å².